The van der Waals surface area contributed by atoms with E-state index in [9.17, 15) is 31.9 Å². The third kappa shape index (κ3) is 4.22. The summed E-state index contributed by atoms with van der Waals surface area (Å²) < 4.78 is 66.3. The van der Waals surface area contributed by atoms with Crippen molar-refractivity contribution >= 4 is 35.4 Å². The van der Waals surface area contributed by atoms with E-state index in [1.54, 1.807) is 0 Å². The number of hydrogen-bond acceptors (Lipinski definition) is 7. The first-order valence-corrected chi connectivity index (χ1v) is 10.3. The molecule has 1 aliphatic carbocycles. The van der Waals surface area contributed by atoms with Gasteiger partial charge in [-0.05, 0) is 25.1 Å². The summed E-state index contributed by atoms with van der Waals surface area (Å²) in [5, 5.41) is 9.01. The van der Waals surface area contributed by atoms with Gasteiger partial charge in [0.1, 0.15) is 18.2 Å². The normalized spacial score (nSPS) is 28.1. The zero-order valence-corrected chi connectivity index (χ0v) is 18.6. The fraction of sp³-hybridized carbons (Fsp3) is 0.429. The molecule has 2 aliphatic rings. The fourth-order valence-corrected chi connectivity index (χ4v) is 3.76. The highest BCUT2D eigenvalue weighted by Gasteiger charge is 2.72. The van der Waals surface area contributed by atoms with Crippen LogP contribution in [0.25, 0.3) is 0 Å². The molecular weight excluding hydrogens is 488 g/mol. The van der Waals surface area contributed by atoms with Crippen molar-refractivity contribution in [2.24, 2.45) is 10.9 Å². The second-order valence-corrected chi connectivity index (χ2v) is 8.17. The molecule has 0 saturated heterocycles. The Morgan fingerprint density at radius 1 is 1.35 bits per heavy atom. The largest absolute Gasteiger partial charge is 0.479 e. The van der Waals surface area contributed by atoms with Crippen LogP contribution in [0.1, 0.15) is 20.3 Å². The maximum Gasteiger partial charge on any atom is 0.423 e. The van der Waals surface area contributed by atoms with E-state index in [4.69, 9.17) is 26.2 Å². The number of benzene rings is 1. The van der Waals surface area contributed by atoms with Gasteiger partial charge in [0.15, 0.2) is 6.10 Å². The molecule has 0 spiro atoms. The van der Waals surface area contributed by atoms with Crippen molar-refractivity contribution in [2.75, 3.05) is 6.67 Å². The van der Waals surface area contributed by atoms with Gasteiger partial charge in [0.25, 0.3) is 0 Å². The molecule has 34 heavy (non-hydrogen) atoms. The number of ether oxygens (including phenoxy) is 2. The van der Waals surface area contributed by atoms with E-state index in [2.05, 4.69) is 4.99 Å². The van der Waals surface area contributed by atoms with Crippen molar-refractivity contribution in [1.29, 1.82) is 0 Å². The number of nitrogens with zero attached hydrogens (tertiary/aromatic N) is 2. The number of halogens is 5. The van der Waals surface area contributed by atoms with Crippen LogP contribution in [0.4, 0.5) is 17.6 Å². The summed E-state index contributed by atoms with van der Waals surface area (Å²) in [5.41, 5.74) is -6.75. The van der Waals surface area contributed by atoms with Gasteiger partial charge in [0.2, 0.25) is 17.2 Å². The Morgan fingerprint density at radius 2 is 2.03 bits per heavy atom. The van der Waals surface area contributed by atoms with Gasteiger partial charge in [-0.1, -0.05) is 18.5 Å². The minimum atomic E-state index is -5.48. The number of carboxylic acid groups (broad SMARTS) is 1. The molecule has 0 bridgehead atoms. The standard InChI is InChI=1S/C21H19ClF4N2O6/c1-11-17(30)20(28-7-3-6-27-10-28,16(29)9-19(11,23)21(24,25)26)34-13-4-5-14(22)15(8-13)33-12(2)18(31)32/h3-8,11-12H,9-10H2,1-2H3,(H,31,32). The average Bonchev–Trinajstić information content (AvgIpc) is 2.77. The maximum atomic E-state index is 15.0. The topological polar surface area (TPSA) is 106 Å². The third-order valence-electron chi connectivity index (χ3n) is 5.60. The summed E-state index contributed by atoms with van der Waals surface area (Å²) in [6.07, 6.45) is -4.60. The number of ketones is 2. The summed E-state index contributed by atoms with van der Waals surface area (Å²) in [6.45, 7) is 1.62. The molecule has 3 rings (SSSR count). The fourth-order valence-electron chi connectivity index (χ4n) is 3.60. The van der Waals surface area contributed by atoms with E-state index < -0.39 is 53.5 Å². The Bertz CT molecular complexity index is 1080. The van der Waals surface area contributed by atoms with Crippen LogP contribution in [0.2, 0.25) is 5.02 Å². The van der Waals surface area contributed by atoms with E-state index in [0.29, 0.717) is 0 Å². The predicted molar refractivity (Wildman–Crippen MR) is 111 cm³/mol. The first kappa shape index (κ1) is 25.5. The van der Waals surface area contributed by atoms with E-state index in [0.717, 1.165) is 17.9 Å². The average molecular weight is 507 g/mol. The van der Waals surface area contributed by atoms with Gasteiger partial charge in [-0.2, -0.15) is 13.2 Å². The van der Waals surface area contributed by atoms with Crippen LogP contribution in [0, 0.1) is 5.92 Å². The van der Waals surface area contributed by atoms with Crippen LogP contribution in [0.15, 0.2) is 35.5 Å². The second-order valence-electron chi connectivity index (χ2n) is 7.77. The molecule has 1 saturated carbocycles. The van der Waals surface area contributed by atoms with Gasteiger partial charge in [-0.25, -0.2) is 9.18 Å². The molecule has 0 aromatic heterocycles. The van der Waals surface area contributed by atoms with E-state index in [1.807, 2.05) is 0 Å². The number of allylic oxidation sites excluding steroid dienone is 1. The molecule has 1 N–H and O–H groups in total. The van der Waals surface area contributed by atoms with Crippen molar-refractivity contribution in [1.82, 2.24) is 4.90 Å². The highest BCUT2D eigenvalue weighted by atomic mass is 35.5. The number of aliphatic carboxylic acids is 1. The lowest BCUT2D eigenvalue weighted by Gasteiger charge is -2.48. The third-order valence-corrected chi connectivity index (χ3v) is 5.91. The number of carboxylic acids is 1. The Morgan fingerprint density at radius 3 is 2.59 bits per heavy atom. The van der Waals surface area contributed by atoms with Crippen molar-refractivity contribution in [3.63, 3.8) is 0 Å². The number of hydrogen-bond donors (Lipinski definition) is 1. The van der Waals surface area contributed by atoms with Gasteiger partial charge in [-0.3, -0.25) is 14.6 Å². The summed E-state index contributed by atoms with van der Waals surface area (Å²) in [5.74, 6) is -6.97. The van der Waals surface area contributed by atoms with Crippen LogP contribution in [-0.4, -0.2) is 64.1 Å². The zero-order chi connectivity index (χ0) is 25.5. The van der Waals surface area contributed by atoms with Gasteiger partial charge in [0.05, 0.1) is 17.4 Å². The van der Waals surface area contributed by atoms with Crippen LogP contribution >= 0.6 is 11.6 Å². The molecule has 8 nitrogen and oxygen atoms in total. The smallest absolute Gasteiger partial charge is 0.423 e. The van der Waals surface area contributed by atoms with Gasteiger partial charge < -0.3 is 19.5 Å². The summed E-state index contributed by atoms with van der Waals surface area (Å²) >= 11 is 6.02. The summed E-state index contributed by atoms with van der Waals surface area (Å²) in [7, 11) is 0. The molecule has 4 unspecified atom stereocenters. The molecule has 1 aliphatic heterocycles. The number of carbonyl (C=O) groups is 3. The Balaban J connectivity index is 2.08. The molecule has 0 radical (unpaired) electrons. The number of Topliss-reactive ketones (excluding diaryl/α,β-unsaturated/α-hetero) is 2. The quantitative estimate of drug-likeness (QED) is 0.464. The van der Waals surface area contributed by atoms with E-state index >= 15 is 0 Å². The minimum Gasteiger partial charge on any atom is -0.479 e. The number of aliphatic imine (C=N–C) groups is 1. The Labute approximate surface area is 195 Å². The van der Waals surface area contributed by atoms with Crippen LogP contribution in [0.5, 0.6) is 11.5 Å². The van der Waals surface area contributed by atoms with Crippen molar-refractivity contribution in [3.8, 4) is 11.5 Å². The highest BCUT2D eigenvalue weighted by Crippen LogP contribution is 2.50. The molecule has 1 aromatic carbocycles. The van der Waals surface area contributed by atoms with Gasteiger partial charge >= 0.3 is 17.9 Å². The predicted octanol–water partition coefficient (Wildman–Crippen LogP) is 3.57. The molecule has 184 valence electrons. The number of carbonyl (C=O) groups excluding carboxylic acids is 2. The molecule has 1 fully saturated rings. The van der Waals surface area contributed by atoms with Gasteiger partial charge in [-0.15, -0.1) is 0 Å². The van der Waals surface area contributed by atoms with Crippen LogP contribution < -0.4 is 9.47 Å². The monoisotopic (exact) mass is 506 g/mol. The Kier molecular flexibility index (Phi) is 6.66. The zero-order valence-electron chi connectivity index (χ0n) is 17.8. The summed E-state index contributed by atoms with van der Waals surface area (Å²) in [4.78, 5) is 42.4. The lowest BCUT2D eigenvalue weighted by molar-refractivity contribution is -0.257. The van der Waals surface area contributed by atoms with Crippen LogP contribution in [-0.2, 0) is 14.4 Å². The number of alkyl halides is 4. The highest BCUT2D eigenvalue weighted by molar-refractivity contribution is 6.32. The Hall–Kier alpha value is -3.15. The van der Waals surface area contributed by atoms with Crippen molar-refractivity contribution in [2.45, 2.75) is 43.9 Å². The van der Waals surface area contributed by atoms with Crippen LogP contribution in [0.3, 0.4) is 0 Å². The first-order chi connectivity index (χ1) is 15.7. The molecule has 1 heterocycles. The maximum absolute atomic E-state index is 15.0. The second kappa shape index (κ2) is 8.90. The van der Waals surface area contributed by atoms with E-state index in [-0.39, 0.29) is 23.2 Å². The molecule has 13 heteroatoms. The minimum absolute atomic E-state index is 0.0357. The number of rotatable bonds is 6. The van der Waals surface area contributed by atoms with Crippen molar-refractivity contribution in [3.05, 3.63) is 35.5 Å². The molecular formula is C21H19ClF4N2O6. The van der Waals surface area contributed by atoms with Gasteiger partial charge in [0, 0.05) is 18.5 Å². The lowest BCUT2D eigenvalue weighted by atomic mass is 9.71. The van der Waals surface area contributed by atoms with Crippen molar-refractivity contribution < 1.29 is 46.5 Å². The SMILES string of the molecule is CC(Oc1cc(OC2(N3C=CC=NC3)C(=O)CC(F)(C(F)(F)F)C(C)C2=O)ccc1Cl)C(=O)O. The van der Waals surface area contributed by atoms with E-state index in [1.165, 1.54) is 37.5 Å². The lowest BCUT2D eigenvalue weighted by Crippen LogP contribution is -2.72. The molecule has 4 atom stereocenters. The first-order valence-electron chi connectivity index (χ1n) is 9.88. The molecule has 1 aromatic rings. The summed E-state index contributed by atoms with van der Waals surface area (Å²) in [6, 6.07) is 3.49. The molecule has 0 amide bonds.